The van der Waals surface area contributed by atoms with Crippen LogP contribution in [0.2, 0.25) is 0 Å². The Hall–Kier alpha value is -1.78. The Labute approximate surface area is 189 Å². The van der Waals surface area contributed by atoms with Crippen LogP contribution >= 0.6 is 0 Å². The highest BCUT2D eigenvalue weighted by Gasteiger charge is 2.76. The highest BCUT2D eigenvalue weighted by Crippen LogP contribution is 2.64. The van der Waals surface area contributed by atoms with Gasteiger partial charge in [-0.2, -0.15) is 31.3 Å². The second-order valence-corrected chi connectivity index (χ2v) is 8.88. The highest BCUT2D eigenvalue weighted by atomic mass is 19.4. The van der Waals surface area contributed by atoms with Crippen LogP contribution in [0.3, 0.4) is 0 Å². The second-order valence-electron chi connectivity index (χ2n) is 8.88. The first-order valence-electron chi connectivity index (χ1n) is 11.2. The molecule has 0 unspecified atom stereocenters. The second kappa shape index (κ2) is 10.2. The molecule has 1 aromatic heterocycles. The van der Waals surface area contributed by atoms with Gasteiger partial charge in [-0.15, -0.1) is 0 Å². The van der Waals surface area contributed by atoms with Crippen molar-refractivity contribution >= 4 is 0 Å². The molecule has 0 aliphatic heterocycles. The third kappa shape index (κ3) is 5.02. The Kier molecular flexibility index (Phi) is 8.01. The quantitative estimate of drug-likeness (QED) is 0.428. The number of hydrogen-bond acceptors (Lipinski definition) is 5. The van der Waals surface area contributed by atoms with Gasteiger partial charge in [-0.1, -0.05) is 19.3 Å². The number of alkyl halides is 6. The maximum Gasteiger partial charge on any atom is 0.403 e. The topological polar surface area (TPSA) is 53.5 Å². The average Bonchev–Trinajstić information content (AvgIpc) is 2.75. The van der Waals surface area contributed by atoms with Gasteiger partial charge in [-0.05, 0) is 50.4 Å². The first-order chi connectivity index (χ1) is 15.6. The minimum atomic E-state index is -5.36. The molecular weight excluding hydrogens is 454 g/mol. The van der Waals surface area contributed by atoms with E-state index in [2.05, 4.69) is 9.97 Å². The zero-order chi connectivity index (χ0) is 24.3. The van der Waals surface area contributed by atoms with Crippen molar-refractivity contribution in [3.63, 3.8) is 0 Å². The van der Waals surface area contributed by atoms with Crippen LogP contribution in [0.1, 0.15) is 63.5 Å². The normalized spacial score (nSPS) is 23.4. The molecule has 5 nitrogen and oxygen atoms in total. The predicted molar refractivity (Wildman–Crippen MR) is 107 cm³/mol. The maximum absolute atomic E-state index is 14.3. The molecule has 33 heavy (non-hydrogen) atoms. The first kappa shape index (κ1) is 25.8. The Morgan fingerprint density at radius 1 is 0.818 bits per heavy atom. The largest absolute Gasteiger partial charge is 0.490 e. The molecule has 0 atom stereocenters. The molecule has 0 amide bonds. The van der Waals surface area contributed by atoms with Crippen molar-refractivity contribution in [3.05, 3.63) is 12.0 Å². The number of nitrogens with zero attached hydrogens (tertiary/aromatic N) is 2. The van der Waals surface area contributed by atoms with Gasteiger partial charge < -0.3 is 14.2 Å². The lowest BCUT2D eigenvalue weighted by Gasteiger charge is -2.50. The Bertz CT molecular complexity index is 758. The third-order valence-electron chi connectivity index (χ3n) is 7.11. The van der Waals surface area contributed by atoms with Gasteiger partial charge in [0.1, 0.15) is 18.1 Å². The number of hydrogen-bond donors (Lipinski definition) is 0. The third-order valence-corrected chi connectivity index (χ3v) is 7.11. The number of ether oxygens (including phenoxy) is 3. The Morgan fingerprint density at radius 2 is 1.39 bits per heavy atom. The van der Waals surface area contributed by atoms with Gasteiger partial charge in [-0.3, -0.25) is 0 Å². The van der Waals surface area contributed by atoms with Crippen molar-refractivity contribution < 1.29 is 40.6 Å². The smallest absolute Gasteiger partial charge is 0.403 e. The predicted octanol–water partition coefficient (Wildman–Crippen LogP) is 6.26. The molecule has 0 spiro atoms. The van der Waals surface area contributed by atoms with Crippen LogP contribution in [0.4, 0.5) is 26.3 Å². The Morgan fingerprint density at radius 3 is 1.91 bits per heavy atom. The molecule has 2 aliphatic carbocycles. The van der Waals surface area contributed by atoms with Crippen LogP contribution < -0.4 is 9.47 Å². The molecule has 11 heteroatoms. The molecule has 2 fully saturated rings. The summed E-state index contributed by atoms with van der Waals surface area (Å²) in [6.45, 7) is 0.135. The van der Waals surface area contributed by atoms with E-state index in [9.17, 15) is 26.3 Å². The van der Waals surface area contributed by atoms with Crippen molar-refractivity contribution in [2.24, 2.45) is 17.3 Å². The fraction of sp³-hybridized carbons (Fsp3) is 0.818. The van der Waals surface area contributed by atoms with E-state index < -0.39 is 35.7 Å². The van der Waals surface area contributed by atoms with Gasteiger partial charge >= 0.3 is 12.4 Å². The van der Waals surface area contributed by atoms with E-state index in [1.165, 1.54) is 20.5 Å². The molecule has 0 saturated heterocycles. The number of halogens is 6. The maximum atomic E-state index is 14.3. The van der Waals surface area contributed by atoms with E-state index in [-0.39, 0.29) is 56.8 Å². The number of aromatic nitrogens is 2. The molecule has 2 saturated carbocycles. The monoisotopic (exact) mass is 484 g/mol. The number of methoxy groups -OCH3 is 2. The molecule has 3 rings (SSSR count). The van der Waals surface area contributed by atoms with E-state index in [1.54, 1.807) is 0 Å². The fourth-order valence-electron chi connectivity index (χ4n) is 5.69. The SMILES string of the molecule is COCc1ncnc(OC2CCC(C(C3CCCCC3)(C(F)(F)F)C(F)(F)F)CC2)c1OC. The average molecular weight is 484 g/mol. The van der Waals surface area contributed by atoms with Gasteiger partial charge in [0, 0.05) is 7.11 Å². The highest BCUT2D eigenvalue weighted by molar-refractivity contribution is 5.37. The van der Waals surface area contributed by atoms with Crippen LogP contribution in [0, 0.1) is 17.3 Å². The van der Waals surface area contributed by atoms with Crippen LogP contribution in [-0.4, -0.2) is 42.6 Å². The van der Waals surface area contributed by atoms with Crippen LogP contribution in [0.25, 0.3) is 0 Å². The van der Waals surface area contributed by atoms with E-state index >= 15 is 0 Å². The molecule has 0 radical (unpaired) electrons. The minimum Gasteiger partial charge on any atom is -0.490 e. The van der Waals surface area contributed by atoms with Gasteiger partial charge in [-0.25, -0.2) is 4.98 Å². The van der Waals surface area contributed by atoms with Gasteiger partial charge in [0.2, 0.25) is 5.75 Å². The molecule has 0 N–H and O–H groups in total. The summed E-state index contributed by atoms with van der Waals surface area (Å²) in [5.41, 5.74) is -3.24. The summed E-state index contributed by atoms with van der Waals surface area (Å²) in [5.74, 6) is -2.62. The molecular formula is C22H30F6N2O3. The van der Waals surface area contributed by atoms with Gasteiger partial charge in [0.15, 0.2) is 5.41 Å². The lowest BCUT2D eigenvalue weighted by molar-refractivity contribution is -0.382. The number of rotatable bonds is 7. The van der Waals surface area contributed by atoms with Crippen molar-refractivity contribution in [2.75, 3.05) is 14.2 Å². The van der Waals surface area contributed by atoms with Crippen LogP contribution in [0.15, 0.2) is 6.33 Å². The van der Waals surface area contributed by atoms with E-state index in [4.69, 9.17) is 14.2 Å². The van der Waals surface area contributed by atoms with Crippen LogP contribution in [0.5, 0.6) is 11.6 Å². The lowest BCUT2D eigenvalue weighted by Crippen LogP contribution is -2.60. The van der Waals surface area contributed by atoms with E-state index in [0.29, 0.717) is 25.0 Å². The first-order valence-corrected chi connectivity index (χ1v) is 11.2. The molecule has 2 aliphatic rings. The van der Waals surface area contributed by atoms with Crippen molar-refractivity contribution in [2.45, 2.75) is 82.9 Å². The fourth-order valence-corrected chi connectivity index (χ4v) is 5.69. The summed E-state index contributed by atoms with van der Waals surface area (Å²) in [6.07, 6.45) is -8.98. The lowest BCUT2D eigenvalue weighted by atomic mass is 9.57. The zero-order valence-corrected chi connectivity index (χ0v) is 18.8. The standard InChI is InChI=1S/C22H30F6N2O3/c1-31-12-17-18(32-2)19(30-13-29-17)33-16-10-8-15(9-11-16)20(21(23,24)25,22(26,27)28)14-6-4-3-5-7-14/h13-16H,3-12H2,1-2H3. The molecule has 0 aromatic carbocycles. The van der Waals surface area contributed by atoms with Crippen molar-refractivity contribution in [3.8, 4) is 11.6 Å². The Balaban J connectivity index is 1.81. The summed E-state index contributed by atoms with van der Waals surface area (Å²) in [7, 11) is 2.87. The zero-order valence-electron chi connectivity index (χ0n) is 18.8. The summed E-state index contributed by atoms with van der Waals surface area (Å²) in [4.78, 5) is 8.08. The van der Waals surface area contributed by atoms with E-state index in [1.807, 2.05) is 0 Å². The van der Waals surface area contributed by atoms with Crippen molar-refractivity contribution in [1.29, 1.82) is 0 Å². The molecule has 188 valence electrons. The van der Waals surface area contributed by atoms with Gasteiger partial charge in [0.25, 0.3) is 5.88 Å². The van der Waals surface area contributed by atoms with Crippen LogP contribution in [-0.2, 0) is 11.3 Å². The molecule has 1 heterocycles. The van der Waals surface area contributed by atoms with E-state index in [0.717, 1.165) is 0 Å². The summed E-state index contributed by atoms with van der Waals surface area (Å²) < 4.78 is 102. The molecule has 1 aromatic rings. The summed E-state index contributed by atoms with van der Waals surface area (Å²) >= 11 is 0. The van der Waals surface area contributed by atoms with Crippen molar-refractivity contribution in [1.82, 2.24) is 9.97 Å². The summed E-state index contributed by atoms with van der Waals surface area (Å²) in [6, 6.07) is 0. The van der Waals surface area contributed by atoms with Gasteiger partial charge in [0.05, 0.1) is 13.7 Å². The summed E-state index contributed by atoms with van der Waals surface area (Å²) in [5, 5.41) is 0. The molecule has 0 bridgehead atoms. The minimum absolute atomic E-state index is 0.0458.